The van der Waals surface area contributed by atoms with E-state index in [0.29, 0.717) is 11.0 Å². The lowest BCUT2D eigenvalue weighted by Crippen LogP contribution is -2.34. The number of carbonyl (C=O) groups is 1. The molecule has 9 heteroatoms. The van der Waals surface area contributed by atoms with Crippen LogP contribution in [0.4, 0.5) is 0 Å². The smallest absolute Gasteiger partial charge is 0.264 e. The fraction of sp³-hybridized carbons (Fsp3) is 0.400. The van der Waals surface area contributed by atoms with Crippen LogP contribution in [0.2, 0.25) is 0 Å². The summed E-state index contributed by atoms with van der Waals surface area (Å²) in [4.78, 5) is 28.8. The molecule has 3 aromatic rings. The Hall–Kier alpha value is -2.97. The highest BCUT2D eigenvalue weighted by Gasteiger charge is 2.16. The molecule has 0 aromatic carbocycles. The van der Waals surface area contributed by atoms with Crippen LogP contribution in [0, 0.1) is 6.92 Å². The van der Waals surface area contributed by atoms with Gasteiger partial charge in [0.05, 0.1) is 18.4 Å². The second-order valence-corrected chi connectivity index (χ2v) is 5.78. The summed E-state index contributed by atoms with van der Waals surface area (Å²) in [7, 11) is 3.56. The molecule has 0 unspecified atom stereocenters. The minimum Gasteiger partial charge on any atom is -0.348 e. The molecule has 1 N–H and O–H groups in total. The summed E-state index contributed by atoms with van der Waals surface area (Å²) in [6.45, 7) is 3.73. The number of fused-ring (bicyclic) bond motifs is 1. The van der Waals surface area contributed by atoms with Gasteiger partial charge in [0.25, 0.3) is 5.56 Å². The van der Waals surface area contributed by atoms with E-state index in [0.717, 1.165) is 11.3 Å². The number of aryl methyl sites for hydroxylation is 2. The number of nitrogens with zero attached hydrogens (tertiary/aromatic N) is 6. The van der Waals surface area contributed by atoms with Crippen molar-refractivity contribution in [3.05, 3.63) is 40.3 Å². The fourth-order valence-corrected chi connectivity index (χ4v) is 2.64. The van der Waals surface area contributed by atoms with Gasteiger partial charge in [-0.3, -0.25) is 23.5 Å². The van der Waals surface area contributed by atoms with Crippen LogP contribution in [0.3, 0.4) is 0 Å². The van der Waals surface area contributed by atoms with Gasteiger partial charge in [0.15, 0.2) is 5.65 Å². The lowest BCUT2D eigenvalue weighted by atomic mass is 10.1. The Morgan fingerprint density at radius 3 is 2.62 bits per heavy atom. The number of amides is 1. The SMILES string of the molecule is Cc1c([C@@H](C)NC(=O)Cn2cnc3c(cnn3C)c2=O)cnn1C. The van der Waals surface area contributed by atoms with Gasteiger partial charge in [0.2, 0.25) is 5.91 Å². The summed E-state index contributed by atoms with van der Waals surface area (Å²) in [5, 5.41) is 11.4. The molecule has 1 amide bonds. The lowest BCUT2D eigenvalue weighted by Gasteiger charge is -2.14. The maximum Gasteiger partial charge on any atom is 0.264 e. The highest BCUT2D eigenvalue weighted by molar-refractivity contribution is 5.77. The van der Waals surface area contributed by atoms with E-state index in [1.54, 1.807) is 17.9 Å². The van der Waals surface area contributed by atoms with Crippen LogP contribution in [0.5, 0.6) is 0 Å². The molecule has 9 nitrogen and oxygen atoms in total. The van der Waals surface area contributed by atoms with E-state index in [4.69, 9.17) is 0 Å². The predicted molar refractivity (Wildman–Crippen MR) is 87.3 cm³/mol. The highest BCUT2D eigenvalue weighted by Crippen LogP contribution is 2.15. The van der Waals surface area contributed by atoms with Crippen molar-refractivity contribution in [3.63, 3.8) is 0 Å². The Labute approximate surface area is 137 Å². The zero-order valence-electron chi connectivity index (χ0n) is 14.0. The minimum absolute atomic E-state index is 0.0969. The first-order chi connectivity index (χ1) is 11.4. The van der Waals surface area contributed by atoms with Gasteiger partial charge in [-0.1, -0.05) is 0 Å². The van der Waals surface area contributed by atoms with Crippen LogP contribution in [0.25, 0.3) is 11.0 Å². The highest BCUT2D eigenvalue weighted by atomic mass is 16.2. The summed E-state index contributed by atoms with van der Waals surface area (Å²) in [5.41, 5.74) is 2.14. The summed E-state index contributed by atoms with van der Waals surface area (Å²) in [6, 6.07) is -0.197. The number of nitrogens with one attached hydrogen (secondary N) is 1. The molecule has 3 aromatic heterocycles. The van der Waals surface area contributed by atoms with E-state index in [2.05, 4.69) is 20.5 Å². The first-order valence-electron chi connectivity index (χ1n) is 7.53. The molecule has 0 spiro atoms. The van der Waals surface area contributed by atoms with Crippen molar-refractivity contribution >= 4 is 16.9 Å². The molecule has 0 radical (unpaired) electrons. The van der Waals surface area contributed by atoms with Gasteiger partial charge in [-0.05, 0) is 13.8 Å². The van der Waals surface area contributed by atoms with Gasteiger partial charge >= 0.3 is 0 Å². The van der Waals surface area contributed by atoms with Crippen molar-refractivity contribution in [1.29, 1.82) is 0 Å². The van der Waals surface area contributed by atoms with E-state index in [1.807, 2.05) is 20.9 Å². The number of carbonyl (C=O) groups excluding carboxylic acids is 1. The summed E-state index contributed by atoms with van der Waals surface area (Å²) in [5.74, 6) is -0.266. The van der Waals surface area contributed by atoms with Crippen molar-refractivity contribution in [2.45, 2.75) is 26.4 Å². The van der Waals surface area contributed by atoms with E-state index in [-0.39, 0.29) is 24.1 Å². The third kappa shape index (κ3) is 2.68. The average Bonchev–Trinajstić information content (AvgIpc) is 3.07. The Morgan fingerprint density at radius 1 is 1.25 bits per heavy atom. The Bertz CT molecular complexity index is 966. The number of hydrogen-bond donors (Lipinski definition) is 1. The molecule has 0 saturated heterocycles. The topological polar surface area (TPSA) is 99.6 Å². The van der Waals surface area contributed by atoms with E-state index in [1.165, 1.54) is 21.8 Å². The normalized spacial score (nSPS) is 12.5. The second-order valence-electron chi connectivity index (χ2n) is 5.78. The monoisotopic (exact) mass is 329 g/mol. The first-order valence-corrected chi connectivity index (χ1v) is 7.53. The van der Waals surface area contributed by atoms with Crippen LogP contribution in [0.15, 0.2) is 23.5 Å². The van der Waals surface area contributed by atoms with Gasteiger partial charge in [0.1, 0.15) is 18.3 Å². The molecular weight excluding hydrogens is 310 g/mol. The average molecular weight is 329 g/mol. The third-order valence-electron chi connectivity index (χ3n) is 4.15. The molecule has 126 valence electrons. The Morgan fingerprint density at radius 2 is 1.96 bits per heavy atom. The molecule has 0 aliphatic heterocycles. The molecular formula is C15H19N7O2. The third-order valence-corrected chi connectivity index (χ3v) is 4.15. The van der Waals surface area contributed by atoms with E-state index >= 15 is 0 Å². The Balaban J connectivity index is 1.76. The van der Waals surface area contributed by atoms with E-state index < -0.39 is 0 Å². The standard InChI is InChI=1S/C15H19N7O2/c1-9(11-5-17-20(3)10(11)2)19-13(23)7-22-8-16-14-12(15(22)24)6-18-21(14)4/h5-6,8-9H,7H2,1-4H3,(H,19,23)/t9-/m1/s1. The lowest BCUT2D eigenvalue weighted by molar-refractivity contribution is -0.122. The maximum atomic E-state index is 12.4. The maximum absolute atomic E-state index is 12.4. The predicted octanol–water partition coefficient (Wildman–Crippen LogP) is 0.0493. The molecule has 0 saturated carbocycles. The largest absolute Gasteiger partial charge is 0.348 e. The van der Waals surface area contributed by atoms with Crippen molar-refractivity contribution in [1.82, 2.24) is 34.4 Å². The zero-order chi connectivity index (χ0) is 17.4. The molecule has 3 heterocycles. The number of hydrogen-bond acceptors (Lipinski definition) is 5. The second kappa shape index (κ2) is 5.91. The minimum atomic E-state index is -0.284. The molecule has 24 heavy (non-hydrogen) atoms. The molecule has 3 rings (SSSR count). The van der Waals surface area contributed by atoms with Crippen molar-refractivity contribution < 1.29 is 4.79 Å². The van der Waals surface area contributed by atoms with Crippen LogP contribution in [-0.4, -0.2) is 35.0 Å². The van der Waals surface area contributed by atoms with Crippen molar-refractivity contribution in [2.75, 3.05) is 0 Å². The van der Waals surface area contributed by atoms with Gasteiger partial charge in [-0.25, -0.2) is 4.98 Å². The van der Waals surface area contributed by atoms with Crippen molar-refractivity contribution in [2.24, 2.45) is 14.1 Å². The summed E-state index contributed by atoms with van der Waals surface area (Å²) >= 11 is 0. The number of aromatic nitrogens is 6. The fourth-order valence-electron chi connectivity index (χ4n) is 2.64. The zero-order valence-corrected chi connectivity index (χ0v) is 14.0. The molecule has 0 bridgehead atoms. The van der Waals surface area contributed by atoms with Gasteiger partial charge < -0.3 is 5.32 Å². The van der Waals surface area contributed by atoms with Crippen LogP contribution in [-0.2, 0) is 25.4 Å². The molecule has 1 atom stereocenters. The van der Waals surface area contributed by atoms with Gasteiger partial charge in [0, 0.05) is 25.4 Å². The summed E-state index contributed by atoms with van der Waals surface area (Å²) in [6.07, 6.45) is 4.56. The summed E-state index contributed by atoms with van der Waals surface area (Å²) < 4.78 is 4.55. The van der Waals surface area contributed by atoms with Gasteiger partial charge in [-0.2, -0.15) is 10.2 Å². The molecule has 0 aliphatic rings. The molecule has 0 fully saturated rings. The van der Waals surface area contributed by atoms with Crippen LogP contribution < -0.4 is 10.9 Å². The first kappa shape index (κ1) is 15.9. The van der Waals surface area contributed by atoms with Crippen LogP contribution in [0.1, 0.15) is 24.2 Å². The van der Waals surface area contributed by atoms with Gasteiger partial charge in [-0.15, -0.1) is 0 Å². The van der Waals surface area contributed by atoms with Crippen molar-refractivity contribution in [3.8, 4) is 0 Å². The quantitative estimate of drug-likeness (QED) is 0.729. The van der Waals surface area contributed by atoms with E-state index in [9.17, 15) is 9.59 Å². The Kier molecular flexibility index (Phi) is 3.92. The molecule has 0 aliphatic carbocycles. The van der Waals surface area contributed by atoms with Crippen LogP contribution >= 0.6 is 0 Å². The number of rotatable bonds is 4.